The van der Waals surface area contributed by atoms with Crippen LogP contribution in [0.4, 0.5) is 0 Å². The van der Waals surface area contributed by atoms with Crippen LogP contribution in [0.1, 0.15) is 36.2 Å². The minimum Gasteiger partial charge on any atom is -0.383 e. The summed E-state index contributed by atoms with van der Waals surface area (Å²) in [5, 5.41) is 7.23. The quantitative estimate of drug-likeness (QED) is 0.861. The molecule has 0 aliphatic carbocycles. The molecule has 0 spiro atoms. The standard InChI is InChI=1S/C16H28N4O2/c1-12(16-13(2)17-18-14(16)3)11-15(21)20-7-5-19(6-8-20)9-10-22-4/h12H,5-11H2,1-4H3,(H,17,18)/t12-/m0/s1. The molecule has 1 aromatic heterocycles. The number of rotatable bonds is 6. The largest absolute Gasteiger partial charge is 0.383 e. The molecule has 0 aromatic carbocycles. The summed E-state index contributed by atoms with van der Waals surface area (Å²) in [5.41, 5.74) is 3.26. The van der Waals surface area contributed by atoms with Gasteiger partial charge in [0.1, 0.15) is 0 Å². The van der Waals surface area contributed by atoms with Crippen LogP contribution < -0.4 is 0 Å². The van der Waals surface area contributed by atoms with E-state index in [4.69, 9.17) is 4.74 Å². The van der Waals surface area contributed by atoms with E-state index in [0.29, 0.717) is 6.42 Å². The molecule has 0 unspecified atom stereocenters. The number of aryl methyl sites for hydroxylation is 2. The second-order valence-electron chi connectivity index (χ2n) is 6.17. The van der Waals surface area contributed by atoms with Crippen molar-refractivity contribution >= 4 is 5.91 Å². The minimum absolute atomic E-state index is 0.206. The lowest BCUT2D eigenvalue weighted by atomic mass is 9.95. The number of carbonyl (C=O) groups excluding carboxylic acids is 1. The second-order valence-corrected chi connectivity index (χ2v) is 6.17. The molecule has 22 heavy (non-hydrogen) atoms. The molecule has 1 amide bonds. The van der Waals surface area contributed by atoms with Crippen LogP contribution in [0.15, 0.2) is 0 Å². The Morgan fingerprint density at radius 1 is 1.32 bits per heavy atom. The van der Waals surface area contributed by atoms with Gasteiger partial charge in [0.25, 0.3) is 0 Å². The number of hydrogen-bond acceptors (Lipinski definition) is 4. The fraction of sp³-hybridized carbons (Fsp3) is 0.750. The molecule has 1 aliphatic rings. The molecule has 1 N–H and O–H groups in total. The van der Waals surface area contributed by atoms with Crippen LogP contribution in [-0.4, -0.2) is 72.3 Å². The first-order valence-corrected chi connectivity index (χ1v) is 8.03. The lowest BCUT2D eigenvalue weighted by Gasteiger charge is -2.35. The van der Waals surface area contributed by atoms with Crippen LogP contribution >= 0.6 is 0 Å². The maximum absolute atomic E-state index is 12.5. The fourth-order valence-electron chi connectivity index (χ4n) is 3.22. The SMILES string of the molecule is COCCN1CCN(C(=O)C[C@H](C)c2c(C)n[nH]c2C)CC1. The molecule has 1 aliphatic heterocycles. The van der Waals surface area contributed by atoms with Crippen molar-refractivity contribution in [3.63, 3.8) is 0 Å². The van der Waals surface area contributed by atoms with Gasteiger partial charge in [-0.1, -0.05) is 6.92 Å². The van der Waals surface area contributed by atoms with Crippen LogP contribution in [0.5, 0.6) is 0 Å². The van der Waals surface area contributed by atoms with E-state index in [9.17, 15) is 4.79 Å². The number of aromatic amines is 1. The van der Waals surface area contributed by atoms with Gasteiger partial charge in [-0.25, -0.2) is 0 Å². The summed E-state index contributed by atoms with van der Waals surface area (Å²) in [4.78, 5) is 16.8. The molecular formula is C16H28N4O2. The van der Waals surface area contributed by atoms with E-state index >= 15 is 0 Å². The van der Waals surface area contributed by atoms with Crippen LogP contribution in [0, 0.1) is 13.8 Å². The van der Waals surface area contributed by atoms with Crippen molar-refractivity contribution in [1.29, 1.82) is 0 Å². The molecule has 6 heteroatoms. The molecule has 0 radical (unpaired) electrons. The van der Waals surface area contributed by atoms with Gasteiger partial charge < -0.3 is 9.64 Å². The van der Waals surface area contributed by atoms with Gasteiger partial charge >= 0.3 is 0 Å². The molecule has 124 valence electrons. The highest BCUT2D eigenvalue weighted by molar-refractivity contribution is 5.77. The summed E-state index contributed by atoms with van der Waals surface area (Å²) in [5.74, 6) is 0.455. The number of nitrogens with one attached hydrogen (secondary N) is 1. The van der Waals surface area contributed by atoms with E-state index in [2.05, 4.69) is 22.0 Å². The molecule has 1 fully saturated rings. The first-order chi connectivity index (χ1) is 10.5. The number of nitrogens with zero attached hydrogens (tertiary/aromatic N) is 3. The first-order valence-electron chi connectivity index (χ1n) is 8.03. The third-order valence-corrected chi connectivity index (χ3v) is 4.50. The monoisotopic (exact) mass is 308 g/mol. The molecule has 2 heterocycles. The number of amides is 1. The average Bonchev–Trinajstić information content (AvgIpc) is 2.84. The Hall–Kier alpha value is -1.40. The second kappa shape index (κ2) is 7.74. The summed E-state index contributed by atoms with van der Waals surface area (Å²) in [6.45, 7) is 11.3. The number of hydrogen-bond donors (Lipinski definition) is 1. The molecule has 1 saturated heterocycles. The first kappa shape index (κ1) is 17.0. The van der Waals surface area contributed by atoms with Gasteiger partial charge in [0.05, 0.1) is 12.3 Å². The van der Waals surface area contributed by atoms with Crippen LogP contribution in [0.25, 0.3) is 0 Å². The third kappa shape index (κ3) is 4.08. The summed E-state index contributed by atoms with van der Waals surface area (Å²) in [6, 6.07) is 0. The van der Waals surface area contributed by atoms with Gasteiger partial charge in [-0.3, -0.25) is 14.8 Å². The van der Waals surface area contributed by atoms with Crippen molar-refractivity contribution < 1.29 is 9.53 Å². The molecule has 1 aromatic rings. The summed E-state index contributed by atoms with van der Waals surface area (Å²) in [6.07, 6.45) is 0.555. The predicted molar refractivity (Wildman–Crippen MR) is 86.0 cm³/mol. The summed E-state index contributed by atoms with van der Waals surface area (Å²) < 4.78 is 5.10. The van der Waals surface area contributed by atoms with E-state index in [-0.39, 0.29) is 11.8 Å². The molecule has 6 nitrogen and oxygen atoms in total. The number of H-pyrrole nitrogens is 1. The Balaban J connectivity index is 1.83. The summed E-state index contributed by atoms with van der Waals surface area (Å²) >= 11 is 0. The number of methoxy groups -OCH3 is 1. The molecule has 1 atom stereocenters. The van der Waals surface area contributed by atoms with Crippen molar-refractivity contribution in [3.8, 4) is 0 Å². The van der Waals surface area contributed by atoms with Gasteiger partial charge in [-0.2, -0.15) is 5.10 Å². The van der Waals surface area contributed by atoms with E-state index < -0.39 is 0 Å². The number of piperazine rings is 1. The van der Waals surface area contributed by atoms with Crippen LogP contribution in [0.3, 0.4) is 0 Å². The molecule has 2 rings (SSSR count). The Labute approximate surface area is 132 Å². The number of ether oxygens (including phenoxy) is 1. The van der Waals surface area contributed by atoms with Crippen molar-refractivity contribution in [2.24, 2.45) is 0 Å². The highest BCUT2D eigenvalue weighted by Crippen LogP contribution is 2.25. The molecular weight excluding hydrogens is 280 g/mol. The minimum atomic E-state index is 0.206. The third-order valence-electron chi connectivity index (χ3n) is 4.50. The highest BCUT2D eigenvalue weighted by Gasteiger charge is 2.24. The van der Waals surface area contributed by atoms with Crippen molar-refractivity contribution in [1.82, 2.24) is 20.0 Å². The summed E-state index contributed by atoms with van der Waals surface area (Å²) in [7, 11) is 1.72. The van der Waals surface area contributed by atoms with Crippen molar-refractivity contribution in [2.75, 3.05) is 46.4 Å². The van der Waals surface area contributed by atoms with E-state index in [0.717, 1.165) is 50.7 Å². The van der Waals surface area contributed by atoms with Crippen LogP contribution in [-0.2, 0) is 9.53 Å². The lowest BCUT2D eigenvalue weighted by Crippen LogP contribution is -2.49. The molecule has 0 bridgehead atoms. The van der Waals surface area contributed by atoms with Crippen molar-refractivity contribution in [3.05, 3.63) is 17.0 Å². The van der Waals surface area contributed by atoms with Gasteiger partial charge in [-0.15, -0.1) is 0 Å². The van der Waals surface area contributed by atoms with Gasteiger partial charge in [0.15, 0.2) is 0 Å². The Kier molecular flexibility index (Phi) is 5.97. The predicted octanol–water partition coefficient (Wildman–Crippen LogP) is 1.31. The molecule has 0 saturated carbocycles. The maximum atomic E-state index is 12.5. The highest BCUT2D eigenvalue weighted by atomic mass is 16.5. The number of carbonyl (C=O) groups is 1. The van der Waals surface area contributed by atoms with Gasteiger partial charge in [-0.05, 0) is 25.3 Å². The van der Waals surface area contributed by atoms with E-state index in [1.807, 2.05) is 18.7 Å². The van der Waals surface area contributed by atoms with Gasteiger partial charge in [0.2, 0.25) is 5.91 Å². The Morgan fingerprint density at radius 2 is 2.00 bits per heavy atom. The topological polar surface area (TPSA) is 61.5 Å². The van der Waals surface area contributed by atoms with Gasteiger partial charge in [0, 0.05) is 51.9 Å². The van der Waals surface area contributed by atoms with E-state index in [1.165, 1.54) is 5.56 Å². The average molecular weight is 308 g/mol. The zero-order chi connectivity index (χ0) is 16.1. The maximum Gasteiger partial charge on any atom is 0.223 e. The lowest BCUT2D eigenvalue weighted by molar-refractivity contribution is -0.133. The zero-order valence-corrected chi connectivity index (χ0v) is 14.2. The Bertz CT molecular complexity index is 473. The zero-order valence-electron chi connectivity index (χ0n) is 14.2. The smallest absolute Gasteiger partial charge is 0.223 e. The number of aromatic nitrogens is 2. The van der Waals surface area contributed by atoms with Crippen LogP contribution in [0.2, 0.25) is 0 Å². The normalized spacial score (nSPS) is 17.7. The Morgan fingerprint density at radius 3 is 2.55 bits per heavy atom. The fourth-order valence-corrected chi connectivity index (χ4v) is 3.22. The van der Waals surface area contributed by atoms with E-state index in [1.54, 1.807) is 7.11 Å². The van der Waals surface area contributed by atoms with Crippen molar-refractivity contribution in [2.45, 2.75) is 33.1 Å².